The molecule has 1 atom stereocenters. The Morgan fingerprint density at radius 2 is 2.26 bits per heavy atom. The minimum Gasteiger partial charge on any atom is -0.376 e. The first-order valence-electron chi connectivity index (χ1n) is 9.39. The van der Waals surface area contributed by atoms with E-state index < -0.39 is 0 Å². The fourth-order valence-corrected chi connectivity index (χ4v) is 3.69. The third-order valence-corrected chi connectivity index (χ3v) is 5.48. The van der Waals surface area contributed by atoms with E-state index in [1.807, 2.05) is 29.3 Å². The van der Waals surface area contributed by atoms with Gasteiger partial charge in [-0.3, -0.25) is 14.0 Å². The van der Waals surface area contributed by atoms with E-state index in [1.54, 1.807) is 0 Å². The molecular weight excluding hydrogens is 364 g/mol. The smallest absolute Gasteiger partial charge is 0.230 e. The van der Waals surface area contributed by atoms with Crippen LogP contribution in [-0.2, 0) is 23.1 Å². The second kappa shape index (κ2) is 8.88. The minimum absolute atomic E-state index is 0.00981. The Morgan fingerprint density at radius 3 is 2.89 bits per heavy atom. The van der Waals surface area contributed by atoms with Crippen LogP contribution in [0.1, 0.15) is 32.4 Å². The second-order valence-corrected chi connectivity index (χ2v) is 8.28. The van der Waals surface area contributed by atoms with Crippen LogP contribution in [0.15, 0.2) is 11.2 Å². The van der Waals surface area contributed by atoms with Crippen LogP contribution < -0.4 is 5.32 Å². The van der Waals surface area contributed by atoms with Crippen molar-refractivity contribution in [2.24, 2.45) is 13.0 Å². The lowest BCUT2D eigenvalue weighted by Crippen LogP contribution is -2.29. The Hall–Kier alpha value is -1.87. The van der Waals surface area contributed by atoms with Crippen LogP contribution in [0.3, 0.4) is 0 Å². The molecule has 2 aromatic heterocycles. The molecule has 2 aromatic rings. The number of thioether (sulfide) groups is 1. The fourth-order valence-electron chi connectivity index (χ4n) is 2.91. The van der Waals surface area contributed by atoms with E-state index in [0.29, 0.717) is 24.8 Å². The molecule has 0 bridgehead atoms. The van der Waals surface area contributed by atoms with Crippen LogP contribution in [0.4, 0.5) is 0 Å². The molecule has 1 aliphatic heterocycles. The first-order chi connectivity index (χ1) is 12.9. The lowest BCUT2D eigenvalue weighted by Gasteiger charge is -2.14. The van der Waals surface area contributed by atoms with Crippen LogP contribution in [0, 0.1) is 12.8 Å². The largest absolute Gasteiger partial charge is 0.376 e. The van der Waals surface area contributed by atoms with Crippen molar-refractivity contribution in [2.45, 2.75) is 51.4 Å². The van der Waals surface area contributed by atoms with E-state index in [9.17, 15) is 4.79 Å². The van der Waals surface area contributed by atoms with Gasteiger partial charge in [-0.05, 0) is 31.7 Å². The second-order valence-electron chi connectivity index (χ2n) is 7.33. The Bertz CT molecular complexity index is 759. The van der Waals surface area contributed by atoms with E-state index in [-0.39, 0.29) is 12.0 Å². The highest BCUT2D eigenvalue weighted by atomic mass is 32.2. The van der Waals surface area contributed by atoms with Gasteiger partial charge in [0.05, 0.1) is 18.4 Å². The average Bonchev–Trinajstić information content (AvgIpc) is 3.34. The molecule has 3 rings (SSSR count). The summed E-state index contributed by atoms with van der Waals surface area (Å²) >= 11 is 1.40. The number of carbonyl (C=O) groups excluding carboxylic acids is 1. The molecule has 0 spiro atoms. The zero-order valence-corrected chi connectivity index (χ0v) is 17.3. The van der Waals surface area contributed by atoms with Crippen LogP contribution in [-0.4, -0.2) is 55.5 Å². The molecule has 1 fully saturated rings. The number of nitrogens with one attached hydrogen (secondary N) is 1. The van der Waals surface area contributed by atoms with Crippen molar-refractivity contribution in [3.05, 3.63) is 11.8 Å². The number of rotatable bonds is 8. The van der Waals surface area contributed by atoms with Gasteiger partial charge in [0.1, 0.15) is 5.69 Å². The number of ether oxygens (including phenoxy) is 1. The van der Waals surface area contributed by atoms with Crippen LogP contribution in [0.5, 0.6) is 0 Å². The van der Waals surface area contributed by atoms with Crippen molar-refractivity contribution in [1.29, 1.82) is 0 Å². The first-order valence-corrected chi connectivity index (χ1v) is 10.4. The summed E-state index contributed by atoms with van der Waals surface area (Å²) in [6.07, 6.45) is 2.25. The molecule has 1 N–H and O–H groups in total. The summed E-state index contributed by atoms with van der Waals surface area (Å²) in [5.74, 6) is 1.48. The van der Waals surface area contributed by atoms with Gasteiger partial charge in [-0.25, -0.2) is 0 Å². The quantitative estimate of drug-likeness (QED) is 0.692. The molecule has 27 heavy (non-hydrogen) atoms. The highest BCUT2D eigenvalue weighted by Crippen LogP contribution is 2.26. The molecule has 0 radical (unpaired) electrons. The summed E-state index contributed by atoms with van der Waals surface area (Å²) in [5, 5.41) is 16.9. The molecule has 0 unspecified atom stereocenters. The van der Waals surface area contributed by atoms with Gasteiger partial charge in [-0.2, -0.15) is 5.10 Å². The standard InChI is InChI=1S/C18H28N6O2S/c1-12(2)9-19-16(25)11-27-18-21-20-17(15-8-13(3)23(4)22-15)24(18)10-14-6-5-7-26-14/h8,12,14H,5-7,9-11H2,1-4H3,(H,19,25)/t14-/m1/s1. The van der Waals surface area contributed by atoms with Gasteiger partial charge < -0.3 is 10.1 Å². The van der Waals surface area contributed by atoms with Gasteiger partial charge in [-0.15, -0.1) is 10.2 Å². The van der Waals surface area contributed by atoms with Crippen LogP contribution >= 0.6 is 11.8 Å². The Balaban J connectivity index is 1.77. The predicted molar refractivity (Wildman–Crippen MR) is 105 cm³/mol. The number of amides is 1. The van der Waals surface area contributed by atoms with Gasteiger partial charge >= 0.3 is 0 Å². The highest BCUT2D eigenvalue weighted by Gasteiger charge is 2.23. The average molecular weight is 393 g/mol. The lowest BCUT2D eigenvalue weighted by molar-refractivity contribution is -0.118. The highest BCUT2D eigenvalue weighted by molar-refractivity contribution is 7.99. The van der Waals surface area contributed by atoms with Crippen molar-refractivity contribution < 1.29 is 9.53 Å². The molecule has 148 valence electrons. The summed E-state index contributed by atoms with van der Waals surface area (Å²) in [7, 11) is 1.91. The lowest BCUT2D eigenvalue weighted by atomic mass is 10.2. The Labute approximate surface area is 164 Å². The normalized spacial score (nSPS) is 17.0. The van der Waals surface area contributed by atoms with Crippen molar-refractivity contribution in [3.8, 4) is 11.5 Å². The topological polar surface area (TPSA) is 86.9 Å². The van der Waals surface area contributed by atoms with Crippen LogP contribution in [0.2, 0.25) is 0 Å². The predicted octanol–water partition coefficient (Wildman–Crippen LogP) is 2.03. The van der Waals surface area contributed by atoms with Gasteiger partial charge in [-0.1, -0.05) is 25.6 Å². The molecule has 1 amide bonds. The number of hydrogen-bond donors (Lipinski definition) is 1. The summed E-state index contributed by atoms with van der Waals surface area (Å²) in [6, 6.07) is 2.00. The summed E-state index contributed by atoms with van der Waals surface area (Å²) in [6.45, 7) is 8.31. The SMILES string of the molecule is Cc1cc(-c2nnc(SCC(=O)NCC(C)C)n2C[C@H]2CCCO2)nn1C. The van der Waals surface area contributed by atoms with Gasteiger partial charge in [0, 0.05) is 25.9 Å². The fraction of sp³-hybridized carbons (Fsp3) is 0.667. The first kappa shape index (κ1) is 19.9. The molecule has 0 aliphatic carbocycles. The van der Waals surface area contributed by atoms with Gasteiger partial charge in [0.2, 0.25) is 5.91 Å². The Kier molecular flexibility index (Phi) is 6.54. The number of aromatic nitrogens is 5. The third-order valence-electron chi connectivity index (χ3n) is 4.51. The molecule has 0 saturated carbocycles. The van der Waals surface area contributed by atoms with E-state index in [1.165, 1.54) is 11.8 Å². The molecular formula is C18H28N6O2S. The molecule has 8 nitrogen and oxygen atoms in total. The van der Waals surface area contributed by atoms with Crippen molar-refractivity contribution in [3.63, 3.8) is 0 Å². The van der Waals surface area contributed by atoms with E-state index in [2.05, 4.69) is 34.5 Å². The molecule has 0 aromatic carbocycles. The summed E-state index contributed by atoms with van der Waals surface area (Å²) < 4.78 is 9.67. The number of aryl methyl sites for hydroxylation is 2. The van der Waals surface area contributed by atoms with Crippen molar-refractivity contribution in [1.82, 2.24) is 29.9 Å². The van der Waals surface area contributed by atoms with E-state index in [0.717, 1.165) is 41.8 Å². The van der Waals surface area contributed by atoms with Gasteiger partial charge in [0.15, 0.2) is 11.0 Å². The number of hydrogen-bond acceptors (Lipinski definition) is 6. The van der Waals surface area contributed by atoms with E-state index in [4.69, 9.17) is 4.74 Å². The molecule has 9 heteroatoms. The third kappa shape index (κ3) is 5.10. The Morgan fingerprint density at radius 1 is 1.44 bits per heavy atom. The maximum absolute atomic E-state index is 12.1. The molecule has 1 saturated heterocycles. The monoisotopic (exact) mass is 392 g/mol. The number of nitrogens with zero attached hydrogens (tertiary/aromatic N) is 5. The number of carbonyl (C=O) groups is 1. The molecule has 1 aliphatic rings. The van der Waals surface area contributed by atoms with Crippen molar-refractivity contribution >= 4 is 17.7 Å². The maximum Gasteiger partial charge on any atom is 0.230 e. The van der Waals surface area contributed by atoms with Gasteiger partial charge in [0.25, 0.3) is 0 Å². The van der Waals surface area contributed by atoms with Crippen LogP contribution in [0.25, 0.3) is 11.5 Å². The minimum atomic E-state index is 0.00981. The summed E-state index contributed by atoms with van der Waals surface area (Å²) in [4.78, 5) is 12.1. The molecule has 3 heterocycles. The zero-order chi connectivity index (χ0) is 19.4. The van der Waals surface area contributed by atoms with Crippen molar-refractivity contribution in [2.75, 3.05) is 18.9 Å². The van der Waals surface area contributed by atoms with E-state index >= 15 is 0 Å². The zero-order valence-electron chi connectivity index (χ0n) is 16.4. The summed E-state index contributed by atoms with van der Waals surface area (Å²) in [5.41, 5.74) is 1.84. The maximum atomic E-state index is 12.1.